The third-order valence-electron chi connectivity index (χ3n) is 5.02. The number of hydrogen-bond donors (Lipinski definition) is 1. The predicted octanol–water partition coefficient (Wildman–Crippen LogP) is 2.40. The van der Waals surface area contributed by atoms with Crippen molar-refractivity contribution in [1.82, 2.24) is 10.2 Å². The molecule has 0 aromatic heterocycles. The van der Waals surface area contributed by atoms with E-state index in [1.165, 1.54) is 0 Å². The highest BCUT2D eigenvalue weighted by Crippen LogP contribution is 2.28. The quantitative estimate of drug-likeness (QED) is 0.809. The first-order chi connectivity index (χ1) is 12.5. The van der Waals surface area contributed by atoms with E-state index in [1.807, 2.05) is 30.0 Å². The first-order valence-corrected chi connectivity index (χ1v) is 9.27. The van der Waals surface area contributed by atoms with Crippen molar-refractivity contribution in [2.75, 3.05) is 27.3 Å². The van der Waals surface area contributed by atoms with Gasteiger partial charge in [0.05, 0.1) is 20.6 Å². The number of amides is 2. The molecule has 1 aromatic carbocycles. The molecule has 0 aliphatic carbocycles. The van der Waals surface area contributed by atoms with Gasteiger partial charge in [-0.1, -0.05) is 13.0 Å². The number of rotatable bonds is 7. The van der Waals surface area contributed by atoms with Gasteiger partial charge in [0.2, 0.25) is 11.8 Å². The van der Waals surface area contributed by atoms with Crippen LogP contribution in [0, 0.1) is 5.92 Å². The Labute approximate surface area is 155 Å². The van der Waals surface area contributed by atoms with Crippen LogP contribution in [0.1, 0.15) is 38.7 Å². The summed E-state index contributed by atoms with van der Waals surface area (Å²) in [5.41, 5.74) is 0.893. The number of benzene rings is 1. The molecule has 0 bridgehead atoms. The molecule has 2 rings (SSSR count). The molecule has 1 aliphatic heterocycles. The van der Waals surface area contributed by atoms with Crippen LogP contribution in [-0.2, 0) is 16.0 Å². The summed E-state index contributed by atoms with van der Waals surface area (Å²) in [5, 5.41) is 3.04. The summed E-state index contributed by atoms with van der Waals surface area (Å²) < 4.78 is 10.5. The Hall–Kier alpha value is -2.24. The zero-order valence-corrected chi connectivity index (χ0v) is 16.2. The maximum Gasteiger partial charge on any atom is 0.226 e. The minimum absolute atomic E-state index is 0.00845. The Bertz CT molecular complexity index is 624. The van der Waals surface area contributed by atoms with Crippen LogP contribution >= 0.6 is 0 Å². The number of nitrogens with one attached hydrogen (secondary N) is 1. The van der Waals surface area contributed by atoms with E-state index >= 15 is 0 Å². The molecule has 2 amide bonds. The van der Waals surface area contributed by atoms with Crippen molar-refractivity contribution in [3.05, 3.63) is 23.8 Å². The summed E-state index contributed by atoms with van der Waals surface area (Å²) in [5.74, 6) is 1.48. The highest BCUT2D eigenvalue weighted by atomic mass is 16.5. The molecule has 1 atom stereocenters. The first kappa shape index (κ1) is 20.1. The van der Waals surface area contributed by atoms with Crippen molar-refractivity contribution >= 4 is 11.8 Å². The Morgan fingerprint density at radius 3 is 2.42 bits per heavy atom. The van der Waals surface area contributed by atoms with Gasteiger partial charge in [-0.25, -0.2) is 0 Å². The molecule has 1 aliphatic rings. The van der Waals surface area contributed by atoms with E-state index in [9.17, 15) is 9.59 Å². The third-order valence-corrected chi connectivity index (χ3v) is 5.02. The fourth-order valence-electron chi connectivity index (χ4n) is 3.13. The van der Waals surface area contributed by atoms with Crippen LogP contribution in [-0.4, -0.2) is 50.1 Å². The normalized spacial score (nSPS) is 16.1. The number of ether oxygens (including phenoxy) is 2. The fourth-order valence-corrected chi connectivity index (χ4v) is 3.13. The van der Waals surface area contributed by atoms with E-state index in [-0.39, 0.29) is 23.8 Å². The van der Waals surface area contributed by atoms with Crippen molar-refractivity contribution in [2.24, 2.45) is 5.92 Å². The molecule has 1 aromatic rings. The van der Waals surface area contributed by atoms with Gasteiger partial charge < -0.3 is 19.7 Å². The van der Waals surface area contributed by atoms with E-state index < -0.39 is 0 Å². The van der Waals surface area contributed by atoms with Crippen LogP contribution in [0.15, 0.2) is 18.2 Å². The summed E-state index contributed by atoms with van der Waals surface area (Å²) in [4.78, 5) is 26.7. The molecule has 1 N–H and O–H groups in total. The topological polar surface area (TPSA) is 67.9 Å². The zero-order chi connectivity index (χ0) is 19.1. The first-order valence-electron chi connectivity index (χ1n) is 9.27. The van der Waals surface area contributed by atoms with Crippen LogP contribution in [0.4, 0.5) is 0 Å². The van der Waals surface area contributed by atoms with Gasteiger partial charge in [-0.2, -0.15) is 0 Å². The number of nitrogens with zero attached hydrogens (tertiary/aromatic N) is 1. The van der Waals surface area contributed by atoms with E-state index in [0.29, 0.717) is 31.0 Å². The molecular formula is C20H30N2O4. The van der Waals surface area contributed by atoms with Crippen molar-refractivity contribution in [3.8, 4) is 11.5 Å². The van der Waals surface area contributed by atoms with Crippen LogP contribution < -0.4 is 14.8 Å². The molecule has 1 unspecified atom stereocenters. The van der Waals surface area contributed by atoms with Gasteiger partial charge in [0.25, 0.3) is 0 Å². The van der Waals surface area contributed by atoms with Crippen molar-refractivity contribution in [1.29, 1.82) is 0 Å². The monoisotopic (exact) mass is 362 g/mol. The van der Waals surface area contributed by atoms with Crippen molar-refractivity contribution in [3.63, 3.8) is 0 Å². The lowest BCUT2D eigenvalue weighted by atomic mass is 9.95. The summed E-state index contributed by atoms with van der Waals surface area (Å²) in [6, 6.07) is 5.73. The highest BCUT2D eigenvalue weighted by Gasteiger charge is 2.27. The third kappa shape index (κ3) is 5.13. The van der Waals surface area contributed by atoms with E-state index in [4.69, 9.17) is 9.47 Å². The van der Waals surface area contributed by atoms with E-state index in [1.54, 1.807) is 14.2 Å². The smallest absolute Gasteiger partial charge is 0.226 e. The molecule has 0 spiro atoms. The number of carbonyl (C=O) groups is 2. The lowest BCUT2D eigenvalue weighted by Crippen LogP contribution is -2.45. The SMILES string of the molecule is CCC(C)NC(=O)C1CCN(C(=O)Cc2ccc(OC)c(OC)c2)CC1. The van der Waals surface area contributed by atoms with Gasteiger partial charge in [0, 0.05) is 25.0 Å². The van der Waals surface area contributed by atoms with Crippen LogP contribution in [0.3, 0.4) is 0 Å². The molecule has 6 nitrogen and oxygen atoms in total. The standard InChI is InChI=1S/C20H30N2O4/c1-5-14(2)21-20(24)16-8-10-22(11-9-16)19(23)13-15-6-7-17(25-3)18(12-15)26-4/h6-7,12,14,16H,5,8-11,13H2,1-4H3,(H,21,24). The second-order valence-electron chi connectivity index (χ2n) is 6.84. The average molecular weight is 362 g/mol. The maximum absolute atomic E-state index is 12.6. The molecule has 1 fully saturated rings. The lowest BCUT2D eigenvalue weighted by Gasteiger charge is -2.32. The van der Waals surface area contributed by atoms with Gasteiger partial charge in [-0.15, -0.1) is 0 Å². The molecule has 1 heterocycles. The van der Waals surface area contributed by atoms with Gasteiger partial charge >= 0.3 is 0 Å². The zero-order valence-electron chi connectivity index (χ0n) is 16.2. The number of likely N-dealkylation sites (tertiary alicyclic amines) is 1. The second-order valence-corrected chi connectivity index (χ2v) is 6.84. The fraction of sp³-hybridized carbons (Fsp3) is 0.600. The van der Waals surface area contributed by atoms with Gasteiger partial charge in [-0.05, 0) is 43.9 Å². The summed E-state index contributed by atoms with van der Waals surface area (Å²) >= 11 is 0. The number of carbonyl (C=O) groups excluding carboxylic acids is 2. The summed E-state index contributed by atoms with van der Waals surface area (Å²) in [6.07, 6.45) is 2.69. The maximum atomic E-state index is 12.6. The van der Waals surface area contributed by atoms with Gasteiger partial charge in [-0.3, -0.25) is 9.59 Å². The largest absolute Gasteiger partial charge is 0.493 e. The molecule has 0 saturated carbocycles. The van der Waals surface area contributed by atoms with Crippen LogP contribution in [0.2, 0.25) is 0 Å². The second kappa shape index (κ2) is 9.46. The molecular weight excluding hydrogens is 332 g/mol. The number of hydrogen-bond acceptors (Lipinski definition) is 4. The molecule has 0 radical (unpaired) electrons. The molecule has 6 heteroatoms. The average Bonchev–Trinajstić information content (AvgIpc) is 2.67. The van der Waals surface area contributed by atoms with E-state index in [0.717, 1.165) is 24.8 Å². The van der Waals surface area contributed by atoms with Crippen LogP contribution in [0.5, 0.6) is 11.5 Å². The number of piperidine rings is 1. The molecule has 26 heavy (non-hydrogen) atoms. The predicted molar refractivity (Wildman–Crippen MR) is 100 cm³/mol. The Kier molecular flexibility index (Phi) is 7.30. The number of methoxy groups -OCH3 is 2. The van der Waals surface area contributed by atoms with Gasteiger partial charge in [0.1, 0.15) is 0 Å². The minimum atomic E-state index is 0.00845. The highest BCUT2D eigenvalue weighted by molar-refractivity contribution is 5.81. The molecule has 1 saturated heterocycles. The lowest BCUT2D eigenvalue weighted by molar-refractivity contribution is -0.135. The Morgan fingerprint density at radius 2 is 1.85 bits per heavy atom. The molecule has 144 valence electrons. The van der Waals surface area contributed by atoms with E-state index in [2.05, 4.69) is 12.2 Å². The Balaban J connectivity index is 1.87. The van der Waals surface area contributed by atoms with Crippen LogP contribution in [0.25, 0.3) is 0 Å². The van der Waals surface area contributed by atoms with Crippen molar-refractivity contribution < 1.29 is 19.1 Å². The van der Waals surface area contributed by atoms with Crippen molar-refractivity contribution in [2.45, 2.75) is 45.6 Å². The Morgan fingerprint density at radius 1 is 1.19 bits per heavy atom. The van der Waals surface area contributed by atoms with Gasteiger partial charge in [0.15, 0.2) is 11.5 Å². The summed E-state index contributed by atoms with van der Waals surface area (Å²) in [7, 11) is 3.17. The summed E-state index contributed by atoms with van der Waals surface area (Å²) in [6.45, 7) is 5.33. The minimum Gasteiger partial charge on any atom is -0.493 e.